The molecule has 2 rings (SSSR count). The van der Waals surface area contributed by atoms with E-state index in [1.165, 1.54) is 38.9 Å². The molecule has 2 aliphatic rings. The summed E-state index contributed by atoms with van der Waals surface area (Å²) >= 11 is 0. The van der Waals surface area contributed by atoms with Gasteiger partial charge in [-0.1, -0.05) is 6.92 Å². The van der Waals surface area contributed by atoms with Crippen LogP contribution in [0.3, 0.4) is 0 Å². The molecule has 0 unspecified atom stereocenters. The quantitative estimate of drug-likeness (QED) is 0.624. The Morgan fingerprint density at radius 3 is 2.55 bits per heavy atom. The van der Waals surface area contributed by atoms with Gasteiger partial charge in [0, 0.05) is 25.7 Å². The highest BCUT2D eigenvalue weighted by molar-refractivity contribution is 4.95. The van der Waals surface area contributed by atoms with Crippen molar-refractivity contribution in [2.45, 2.75) is 32.2 Å². The van der Waals surface area contributed by atoms with E-state index in [0.717, 1.165) is 11.5 Å². The average molecular weight is 154 g/mol. The van der Waals surface area contributed by atoms with E-state index < -0.39 is 0 Å². The molecule has 0 atom stereocenters. The third-order valence-corrected chi connectivity index (χ3v) is 3.25. The highest BCUT2D eigenvalue weighted by atomic mass is 15.1. The van der Waals surface area contributed by atoms with Crippen molar-refractivity contribution in [1.29, 1.82) is 0 Å². The van der Waals surface area contributed by atoms with Crippen LogP contribution in [0.4, 0.5) is 0 Å². The number of nitrogens with one attached hydrogen (secondary N) is 2. The summed E-state index contributed by atoms with van der Waals surface area (Å²) in [5.41, 5.74) is 0.718. The molecule has 0 spiro atoms. The van der Waals surface area contributed by atoms with Gasteiger partial charge in [0.1, 0.15) is 0 Å². The summed E-state index contributed by atoms with van der Waals surface area (Å²) in [5.74, 6) is 0. The Bertz CT molecular complexity index is 136. The molecule has 2 N–H and O–H groups in total. The topological polar surface area (TPSA) is 24.1 Å². The molecule has 1 aliphatic heterocycles. The molecule has 0 amide bonds. The summed E-state index contributed by atoms with van der Waals surface area (Å²) in [7, 11) is 0. The summed E-state index contributed by atoms with van der Waals surface area (Å²) in [6, 6.07) is 0.777. The van der Waals surface area contributed by atoms with Crippen molar-refractivity contribution >= 4 is 0 Å². The highest BCUT2D eigenvalue weighted by Gasteiger charge is 2.40. The zero-order valence-corrected chi connectivity index (χ0v) is 7.32. The molecule has 1 aliphatic carbocycles. The van der Waals surface area contributed by atoms with Crippen LogP contribution < -0.4 is 10.6 Å². The molecule has 0 bridgehead atoms. The van der Waals surface area contributed by atoms with Crippen LogP contribution in [0.2, 0.25) is 0 Å². The fourth-order valence-electron chi connectivity index (χ4n) is 1.63. The maximum atomic E-state index is 3.61. The van der Waals surface area contributed by atoms with E-state index in [1.54, 1.807) is 0 Å². The van der Waals surface area contributed by atoms with Crippen LogP contribution in [0.5, 0.6) is 0 Å². The van der Waals surface area contributed by atoms with Crippen LogP contribution >= 0.6 is 0 Å². The summed E-state index contributed by atoms with van der Waals surface area (Å²) < 4.78 is 0. The molecule has 64 valence electrons. The number of hydrogen-bond donors (Lipinski definition) is 2. The van der Waals surface area contributed by atoms with E-state index in [0.29, 0.717) is 0 Å². The molecule has 0 radical (unpaired) electrons. The Labute approximate surface area is 68.7 Å². The monoisotopic (exact) mass is 154 g/mol. The Morgan fingerprint density at radius 2 is 2.18 bits per heavy atom. The van der Waals surface area contributed by atoms with Crippen molar-refractivity contribution in [2.75, 3.05) is 19.6 Å². The number of hydrogen-bond acceptors (Lipinski definition) is 2. The van der Waals surface area contributed by atoms with Crippen LogP contribution in [0.25, 0.3) is 0 Å². The van der Waals surface area contributed by atoms with E-state index in [9.17, 15) is 0 Å². The molecular formula is C9H18N2. The van der Waals surface area contributed by atoms with Gasteiger partial charge in [0.15, 0.2) is 0 Å². The van der Waals surface area contributed by atoms with E-state index in [1.807, 2.05) is 0 Å². The minimum Gasteiger partial charge on any atom is -0.314 e. The molecule has 0 aromatic heterocycles. The Hall–Kier alpha value is -0.0800. The van der Waals surface area contributed by atoms with E-state index in [4.69, 9.17) is 0 Å². The molecule has 2 nitrogen and oxygen atoms in total. The lowest BCUT2D eigenvalue weighted by Crippen LogP contribution is -2.56. The van der Waals surface area contributed by atoms with Crippen LogP contribution in [0.15, 0.2) is 0 Å². The normalized spacial score (nSPS) is 28.1. The predicted octanol–water partition coefficient (Wildman–Crippen LogP) is 0.738. The third kappa shape index (κ3) is 1.57. The van der Waals surface area contributed by atoms with Crippen LogP contribution in [0, 0.1) is 5.41 Å². The average Bonchev–Trinajstić information content (AvgIpc) is 2.66. The molecule has 2 fully saturated rings. The minimum atomic E-state index is 0.718. The Morgan fingerprint density at radius 1 is 1.45 bits per heavy atom. The third-order valence-electron chi connectivity index (χ3n) is 3.25. The maximum absolute atomic E-state index is 3.61. The van der Waals surface area contributed by atoms with Gasteiger partial charge in [-0.15, -0.1) is 0 Å². The zero-order valence-electron chi connectivity index (χ0n) is 7.32. The SMILES string of the molecule is CCC1(CNC2CNC2)CC1. The predicted molar refractivity (Wildman–Crippen MR) is 46.6 cm³/mol. The van der Waals surface area contributed by atoms with E-state index >= 15 is 0 Å². The van der Waals surface area contributed by atoms with Gasteiger partial charge < -0.3 is 10.6 Å². The van der Waals surface area contributed by atoms with Crippen molar-refractivity contribution in [3.63, 3.8) is 0 Å². The van der Waals surface area contributed by atoms with Gasteiger partial charge in [0.2, 0.25) is 0 Å². The lowest BCUT2D eigenvalue weighted by molar-refractivity contribution is 0.326. The van der Waals surface area contributed by atoms with Gasteiger partial charge in [-0.05, 0) is 24.7 Å². The smallest absolute Gasteiger partial charge is 0.0317 e. The Kier molecular flexibility index (Phi) is 1.90. The lowest BCUT2D eigenvalue weighted by atomic mass is 10.0. The molecule has 11 heavy (non-hydrogen) atoms. The second-order valence-electron chi connectivity index (χ2n) is 4.09. The molecule has 2 heteroatoms. The summed E-state index contributed by atoms with van der Waals surface area (Å²) in [5, 5.41) is 6.88. The lowest BCUT2D eigenvalue weighted by Gasteiger charge is -2.29. The highest BCUT2D eigenvalue weighted by Crippen LogP contribution is 2.47. The second kappa shape index (κ2) is 2.76. The first-order chi connectivity index (χ1) is 5.35. The van der Waals surface area contributed by atoms with Crippen molar-refractivity contribution in [3.8, 4) is 0 Å². The van der Waals surface area contributed by atoms with E-state index in [-0.39, 0.29) is 0 Å². The molecule has 1 saturated heterocycles. The van der Waals surface area contributed by atoms with Crippen molar-refractivity contribution in [3.05, 3.63) is 0 Å². The van der Waals surface area contributed by atoms with E-state index in [2.05, 4.69) is 17.6 Å². The number of rotatable bonds is 4. The maximum Gasteiger partial charge on any atom is 0.0317 e. The zero-order chi connectivity index (χ0) is 7.73. The van der Waals surface area contributed by atoms with Crippen LogP contribution in [-0.4, -0.2) is 25.7 Å². The van der Waals surface area contributed by atoms with Crippen LogP contribution in [0.1, 0.15) is 26.2 Å². The second-order valence-corrected chi connectivity index (χ2v) is 4.09. The molecule has 0 aromatic rings. The summed E-state index contributed by atoms with van der Waals surface area (Å²) in [6.45, 7) is 5.93. The van der Waals surface area contributed by atoms with Gasteiger partial charge in [0.25, 0.3) is 0 Å². The molecule has 1 heterocycles. The van der Waals surface area contributed by atoms with Gasteiger partial charge in [-0.25, -0.2) is 0 Å². The first-order valence-electron chi connectivity index (χ1n) is 4.79. The van der Waals surface area contributed by atoms with Gasteiger partial charge in [0.05, 0.1) is 0 Å². The first-order valence-corrected chi connectivity index (χ1v) is 4.79. The fourth-order valence-corrected chi connectivity index (χ4v) is 1.63. The van der Waals surface area contributed by atoms with Crippen molar-refractivity contribution in [1.82, 2.24) is 10.6 Å². The molecule has 1 saturated carbocycles. The first kappa shape index (κ1) is 7.56. The largest absolute Gasteiger partial charge is 0.314 e. The fraction of sp³-hybridized carbons (Fsp3) is 1.00. The van der Waals surface area contributed by atoms with Crippen molar-refractivity contribution < 1.29 is 0 Å². The Balaban J connectivity index is 1.65. The molecular weight excluding hydrogens is 136 g/mol. The van der Waals surface area contributed by atoms with Crippen LogP contribution in [-0.2, 0) is 0 Å². The summed E-state index contributed by atoms with van der Waals surface area (Å²) in [6.07, 6.45) is 4.27. The van der Waals surface area contributed by atoms with Gasteiger partial charge >= 0.3 is 0 Å². The molecule has 0 aromatic carbocycles. The van der Waals surface area contributed by atoms with Crippen molar-refractivity contribution in [2.24, 2.45) is 5.41 Å². The van der Waals surface area contributed by atoms with Gasteiger partial charge in [-0.3, -0.25) is 0 Å². The summed E-state index contributed by atoms with van der Waals surface area (Å²) in [4.78, 5) is 0. The minimum absolute atomic E-state index is 0.718. The van der Waals surface area contributed by atoms with Gasteiger partial charge in [-0.2, -0.15) is 0 Å². The standard InChI is InChI=1S/C9H18N2/c1-2-9(3-4-9)7-11-8-5-10-6-8/h8,10-11H,2-7H2,1H3.